The number of carbonyl (C=O) groups is 1. The summed E-state index contributed by atoms with van der Waals surface area (Å²) in [6, 6.07) is 5.37. The highest BCUT2D eigenvalue weighted by atomic mass is 16.5. The third-order valence-electron chi connectivity index (χ3n) is 3.68. The summed E-state index contributed by atoms with van der Waals surface area (Å²) in [4.78, 5) is 39.5. The highest BCUT2D eigenvalue weighted by Gasteiger charge is 2.21. The van der Waals surface area contributed by atoms with Gasteiger partial charge in [-0.25, -0.2) is 4.79 Å². The molecule has 0 spiro atoms. The molecule has 1 aliphatic rings. The van der Waals surface area contributed by atoms with E-state index in [-0.39, 0.29) is 24.4 Å². The summed E-state index contributed by atoms with van der Waals surface area (Å²) >= 11 is 0. The quantitative estimate of drug-likeness (QED) is 0.711. The molecule has 0 bridgehead atoms. The van der Waals surface area contributed by atoms with Gasteiger partial charge in [0, 0.05) is 18.4 Å². The lowest BCUT2D eigenvalue weighted by Crippen LogP contribution is -2.28. The monoisotopic (exact) mass is 330 g/mol. The largest absolute Gasteiger partial charge is 0.461 e. The Hall–Kier alpha value is -2.83. The van der Waals surface area contributed by atoms with Gasteiger partial charge >= 0.3 is 11.7 Å². The number of fused-ring (bicyclic) bond motifs is 2. The van der Waals surface area contributed by atoms with E-state index in [2.05, 4.69) is 9.97 Å². The molecule has 0 aliphatic carbocycles. The van der Waals surface area contributed by atoms with Crippen LogP contribution in [0.15, 0.2) is 27.8 Å². The molecule has 0 radical (unpaired) electrons. The number of aromatic nitrogens is 2. The zero-order valence-electron chi connectivity index (χ0n) is 13.5. The van der Waals surface area contributed by atoms with Crippen molar-refractivity contribution in [3.05, 3.63) is 55.7 Å². The molecule has 7 nitrogen and oxygen atoms in total. The first-order valence-corrected chi connectivity index (χ1v) is 7.73. The first-order valence-electron chi connectivity index (χ1n) is 7.73. The molecule has 2 N–H and O–H groups in total. The molecule has 0 unspecified atom stereocenters. The Balaban J connectivity index is 1.77. The zero-order chi connectivity index (χ0) is 17.3. The second kappa shape index (κ2) is 6.35. The summed E-state index contributed by atoms with van der Waals surface area (Å²) in [5, 5.41) is 0. The van der Waals surface area contributed by atoms with Crippen molar-refractivity contribution >= 4 is 5.97 Å². The van der Waals surface area contributed by atoms with Gasteiger partial charge < -0.3 is 9.47 Å². The maximum Gasteiger partial charge on any atom is 0.328 e. The first kappa shape index (κ1) is 16.0. The SMILES string of the molecule is CC(C)CC(=O)OCc1ccc2c(c1)Cc1c([nH]c(=O)[nH]c1=O)O2. The van der Waals surface area contributed by atoms with Crippen LogP contribution < -0.4 is 16.0 Å². The van der Waals surface area contributed by atoms with Gasteiger partial charge in [-0.3, -0.25) is 19.6 Å². The van der Waals surface area contributed by atoms with Crippen molar-refractivity contribution in [3.8, 4) is 11.6 Å². The Bertz CT molecular complexity index is 895. The number of benzene rings is 1. The fourth-order valence-electron chi connectivity index (χ4n) is 2.56. The standard InChI is InChI=1S/C17H18N2O5/c1-9(2)5-14(20)23-8-10-3-4-13-11(6-10)7-12-15(21)18-17(22)19-16(12)24-13/h3-4,6,9H,5,7-8H2,1-2H3,(H2,18,19,21,22). The molecule has 7 heteroatoms. The summed E-state index contributed by atoms with van der Waals surface area (Å²) in [5.74, 6) is 0.756. The smallest absolute Gasteiger partial charge is 0.328 e. The van der Waals surface area contributed by atoms with Crippen molar-refractivity contribution in [2.75, 3.05) is 0 Å². The average molecular weight is 330 g/mol. The third-order valence-corrected chi connectivity index (χ3v) is 3.68. The molecule has 1 aromatic heterocycles. The summed E-state index contributed by atoms with van der Waals surface area (Å²) in [6.45, 7) is 4.08. The molecule has 0 fully saturated rings. The van der Waals surface area contributed by atoms with Crippen LogP contribution in [0.25, 0.3) is 0 Å². The van der Waals surface area contributed by atoms with Gasteiger partial charge in [0.15, 0.2) is 0 Å². The number of nitrogens with one attached hydrogen (secondary N) is 2. The van der Waals surface area contributed by atoms with E-state index in [1.165, 1.54) is 0 Å². The van der Waals surface area contributed by atoms with Crippen LogP contribution in [0, 0.1) is 5.92 Å². The van der Waals surface area contributed by atoms with Crippen molar-refractivity contribution in [2.45, 2.75) is 33.3 Å². The van der Waals surface area contributed by atoms with Gasteiger partial charge in [-0.2, -0.15) is 0 Å². The van der Waals surface area contributed by atoms with Crippen LogP contribution in [0.4, 0.5) is 0 Å². The molecule has 1 aromatic carbocycles. The van der Waals surface area contributed by atoms with E-state index >= 15 is 0 Å². The Labute approximate surface area is 137 Å². The molecule has 0 saturated carbocycles. The van der Waals surface area contributed by atoms with Gasteiger partial charge in [0.1, 0.15) is 12.4 Å². The minimum absolute atomic E-state index is 0.173. The van der Waals surface area contributed by atoms with Crippen LogP contribution in [0.3, 0.4) is 0 Å². The van der Waals surface area contributed by atoms with Crippen LogP contribution in [0.2, 0.25) is 0 Å². The molecule has 1 aliphatic heterocycles. The number of rotatable bonds is 4. The number of carbonyl (C=O) groups excluding carboxylic acids is 1. The van der Waals surface area contributed by atoms with E-state index < -0.39 is 11.2 Å². The lowest BCUT2D eigenvalue weighted by Gasteiger charge is -2.19. The summed E-state index contributed by atoms with van der Waals surface area (Å²) in [7, 11) is 0. The van der Waals surface area contributed by atoms with Crippen molar-refractivity contribution < 1.29 is 14.3 Å². The van der Waals surface area contributed by atoms with Crippen LogP contribution in [-0.4, -0.2) is 15.9 Å². The molecule has 2 aromatic rings. The van der Waals surface area contributed by atoms with E-state index in [1.54, 1.807) is 12.1 Å². The first-order chi connectivity index (χ1) is 11.4. The second-order valence-electron chi connectivity index (χ2n) is 6.20. The van der Waals surface area contributed by atoms with Gasteiger partial charge in [-0.15, -0.1) is 0 Å². The normalized spacial score (nSPS) is 12.3. The summed E-state index contributed by atoms with van der Waals surface area (Å²) < 4.78 is 10.8. The minimum atomic E-state index is -0.601. The Morgan fingerprint density at radius 3 is 2.83 bits per heavy atom. The van der Waals surface area contributed by atoms with Crippen LogP contribution in [-0.2, 0) is 22.6 Å². The van der Waals surface area contributed by atoms with Crippen LogP contribution >= 0.6 is 0 Å². The van der Waals surface area contributed by atoms with Gasteiger partial charge in [0.2, 0.25) is 5.88 Å². The number of H-pyrrole nitrogens is 2. The molecule has 24 heavy (non-hydrogen) atoms. The van der Waals surface area contributed by atoms with E-state index in [1.807, 2.05) is 19.9 Å². The second-order valence-corrected chi connectivity index (χ2v) is 6.20. The maximum atomic E-state index is 11.9. The summed E-state index contributed by atoms with van der Waals surface area (Å²) in [6.07, 6.45) is 0.717. The maximum absolute atomic E-state index is 11.9. The van der Waals surface area contributed by atoms with Crippen molar-refractivity contribution in [1.29, 1.82) is 0 Å². The van der Waals surface area contributed by atoms with E-state index in [4.69, 9.17) is 9.47 Å². The number of esters is 1. The minimum Gasteiger partial charge on any atom is -0.461 e. The Kier molecular flexibility index (Phi) is 4.24. The van der Waals surface area contributed by atoms with E-state index in [0.29, 0.717) is 24.2 Å². The number of aromatic amines is 2. The molecule has 0 saturated heterocycles. The topological polar surface area (TPSA) is 101 Å². The highest BCUT2D eigenvalue weighted by molar-refractivity contribution is 5.69. The third kappa shape index (κ3) is 3.40. The molecule has 0 amide bonds. The van der Waals surface area contributed by atoms with Gasteiger partial charge in [0.25, 0.3) is 5.56 Å². The molecular formula is C17H18N2O5. The fourth-order valence-corrected chi connectivity index (χ4v) is 2.56. The van der Waals surface area contributed by atoms with Gasteiger partial charge in [-0.1, -0.05) is 19.9 Å². The molecular weight excluding hydrogens is 312 g/mol. The Morgan fingerprint density at radius 2 is 2.08 bits per heavy atom. The number of hydrogen-bond acceptors (Lipinski definition) is 5. The van der Waals surface area contributed by atoms with E-state index in [0.717, 1.165) is 11.1 Å². The average Bonchev–Trinajstić information content (AvgIpc) is 2.50. The molecule has 126 valence electrons. The van der Waals surface area contributed by atoms with Crippen molar-refractivity contribution in [1.82, 2.24) is 9.97 Å². The van der Waals surface area contributed by atoms with E-state index in [9.17, 15) is 14.4 Å². The lowest BCUT2D eigenvalue weighted by molar-refractivity contribution is -0.145. The zero-order valence-corrected chi connectivity index (χ0v) is 13.5. The highest BCUT2D eigenvalue weighted by Crippen LogP contribution is 2.33. The van der Waals surface area contributed by atoms with Gasteiger partial charge in [-0.05, 0) is 23.6 Å². The predicted octanol–water partition coefficient (Wildman–Crippen LogP) is 1.85. The fraction of sp³-hybridized carbons (Fsp3) is 0.353. The van der Waals surface area contributed by atoms with Crippen molar-refractivity contribution in [2.24, 2.45) is 5.92 Å². The van der Waals surface area contributed by atoms with Crippen LogP contribution in [0.1, 0.15) is 37.0 Å². The number of hydrogen-bond donors (Lipinski definition) is 2. The van der Waals surface area contributed by atoms with Gasteiger partial charge in [0.05, 0.1) is 5.56 Å². The number of ether oxygens (including phenoxy) is 2. The lowest BCUT2D eigenvalue weighted by atomic mass is 10.0. The Morgan fingerprint density at radius 1 is 1.29 bits per heavy atom. The molecule has 0 atom stereocenters. The summed E-state index contributed by atoms with van der Waals surface area (Å²) in [5.41, 5.74) is 0.927. The predicted molar refractivity (Wildman–Crippen MR) is 86.3 cm³/mol. The van der Waals surface area contributed by atoms with Crippen molar-refractivity contribution in [3.63, 3.8) is 0 Å². The van der Waals surface area contributed by atoms with Crippen LogP contribution in [0.5, 0.6) is 11.6 Å². The molecule has 2 heterocycles. The molecule has 3 rings (SSSR count).